The van der Waals surface area contributed by atoms with Crippen LogP contribution < -0.4 is 10.1 Å². The van der Waals surface area contributed by atoms with Crippen LogP contribution in [-0.2, 0) is 11.2 Å². The molecule has 1 aromatic rings. The van der Waals surface area contributed by atoms with Gasteiger partial charge in [0.05, 0.1) is 7.11 Å². The summed E-state index contributed by atoms with van der Waals surface area (Å²) in [6.07, 6.45) is 2.58. The number of nitrogens with one attached hydrogen (secondary N) is 1. The maximum Gasteiger partial charge on any atom is 0.222 e. The number of amides is 1. The number of benzene rings is 1. The Bertz CT molecular complexity index is 565. The molecule has 0 aromatic heterocycles. The van der Waals surface area contributed by atoms with E-state index in [-0.39, 0.29) is 0 Å². The quantitative estimate of drug-likeness (QED) is 0.721. The maximum absolute atomic E-state index is 12.5. The summed E-state index contributed by atoms with van der Waals surface area (Å²) in [5.41, 5.74) is 1.32. The van der Waals surface area contributed by atoms with Gasteiger partial charge >= 0.3 is 0 Å². The lowest BCUT2D eigenvalue weighted by atomic mass is 10.1. The van der Waals surface area contributed by atoms with Crippen molar-refractivity contribution in [1.29, 1.82) is 0 Å². The van der Waals surface area contributed by atoms with Gasteiger partial charge < -0.3 is 19.9 Å². The Morgan fingerprint density at radius 3 is 2.44 bits per heavy atom. The average Bonchev–Trinajstić information content (AvgIpc) is 2.64. The van der Waals surface area contributed by atoms with Crippen LogP contribution in [0.2, 0.25) is 0 Å². The summed E-state index contributed by atoms with van der Waals surface area (Å²) in [5, 5.41) is 3.48. The summed E-state index contributed by atoms with van der Waals surface area (Å²) in [7, 11) is 1.69. The topological polar surface area (TPSA) is 44.8 Å². The summed E-state index contributed by atoms with van der Waals surface area (Å²) in [5.74, 6) is 1.20. The van der Waals surface area contributed by atoms with E-state index in [4.69, 9.17) is 4.74 Å². The number of hydrogen-bond donors (Lipinski definition) is 1. The van der Waals surface area contributed by atoms with Gasteiger partial charge in [-0.2, -0.15) is 0 Å². The molecule has 1 amide bonds. The number of carbonyl (C=O) groups is 1. The Balaban J connectivity index is 1.77. The third-order valence-corrected chi connectivity index (χ3v) is 5.47. The number of ether oxygens (including phenoxy) is 1. The first-order valence-corrected chi connectivity index (χ1v) is 10.3. The first-order valence-electron chi connectivity index (χ1n) is 10.3. The zero-order valence-corrected chi connectivity index (χ0v) is 17.7. The molecule has 1 N–H and O–H groups in total. The molecule has 1 aliphatic heterocycles. The number of likely N-dealkylation sites (N-methyl/N-ethyl adjacent to an activating group) is 1. The van der Waals surface area contributed by atoms with Crippen LogP contribution >= 0.6 is 0 Å². The molecule has 1 aromatic carbocycles. The highest BCUT2D eigenvalue weighted by molar-refractivity contribution is 5.76. The first kappa shape index (κ1) is 21.7. The summed E-state index contributed by atoms with van der Waals surface area (Å²) in [4.78, 5) is 17.1. The van der Waals surface area contributed by atoms with E-state index in [1.807, 2.05) is 17.0 Å². The van der Waals surface area contributed by atoms with E-state index in [1.165, 1.54) is 5.56 Å². The van der Waals surface area contributed by atoms with Gasteiger partial charge in [0, 0.05) is 37.6 Å². The molecule has 1 fully saturated rings. The molecule has 3 unspecified atom stereocenters. The molecule has 2 rings (SSSR count). The van der Waals surface area contributed by atoms with Gasteiger partial charge in [0.15, 0.2) is 0 Å². The van der Waals surface area contributed by atoms with Gasteiger partial charge in [-0.3, -0.25) is 4.79 Å². The largest absolute Gasteiger partial charge is 0.497 e. The molecule has 5 heteroatoms. The van der Waals surface area contributed by atoms with Crippen LogP contribution in [0.15, 0.2) is 24.3 Å². The smallest absolute Gasteiger partial charge is 0.222 e. The Kier molecular flexibility index (Phi) is 8.58. The minimum absolute atomic E-state index is 0.300. The van der Waals surface area contributed by atoms with E-state index in [1.54, 1.807) is 7.11 Å². The van der Waals surface area contributed by atoms with Gasteiger partial charge in [-0.05, 0) is 64.4 Å². The molecule has 27 heavy (non-hydrogen) atoms. The number of rotatable bonds is 9. The molecule has 1 aliphatic rings. The standard InChI is InChI=1S/C22H37N3O2/c1-6-24(19(4)14-20-9-11-21(27-5)12-10-20)13-7-8-22(26)25-15-17(2)23-18(3)16-25/h9-12,17-19,23H,6-8,13-16H2,1-5H3. The van der Waals surface area contributed by atoms with Crippen LogP contribution in [0.4, 0.5) is 0 Å². The van der Waals surface area contributed by atoms with Crippen molar-refractivity contribution in [3.8, 4) is 5.75 Å². The number of carbonyl (C=O) groups excluding carboxylic acids is 1. The number of nitrogens with zero attached hydrogens (tertiary/aromatic N) is 2. The van der Waals surface area contributed by atoms with Crippen molar-refractivity contribution in [2.45, 2.75) is 65.1 Å². The summed E-state index contributed by atoms with van der Waals surface area (Å²) >= 11 is 0. The Labute approximate surface area is 165 Å². The molecular weight excluding hydrogens is 338 g/mol. The predicted octanol–water partition coefficient (Wildman–Crippen LogP) is 2.94. The monoisotopic (exact) mass is 375 g/mol. The van der Waals surface area contributed by atoms with Crippen LogP contribution in [0.5, 0.6) is 5.75 Å². The highest BCUT2D eigenvalue weighted by atomic mass is 16.5. The zero-order chi connectivity index (χ0) is 19.8. The minimum Gasteiger partial charge on any atom is -0.497 e. The molecule has 0 aliphatic carbocycles. The van der Waals surface area contributed by atoms with Crippen LogP contribution in [0.1, 0.15) is 46.1 Å². The molecule has 0 saturated carbocycles. The van der Waals surface area contributed by atoms with Gasteiger partial charge in [-0.25, -0.2) is 0 Å². The minimum atomic E-state index is 0.300. The lowest BCUT2D eigenvalue weighted by molar-refractivity contribution is -0.133. The second kappa shape index (κ2) is 10.7. The van der Waals surface area contributed by atoms with Crippen LogP contribution in [-0.4, -0.2) is 67.1 Å². The van der Waals surface area contributed by atoms with Crippen molar-refractivity contribution in [3.05, 3.63) is 29.8 Å². The number of piperazine rings is 1. The van der Waals surface area contributed by atoms with Gasteiger partial charge in [-0.1, -0.05) is 19.1 Å². The SMILES string of the molecule is CCN(CCCC(=O)N1CC(C)NC(C)C1)C(C)Cc1ccc(OC)cc1. The fraction of sp³-hybridized carbons (Fsp3) is 0.682. The van der Waals surface area contributed by atoms with E-state index < -0.39 is 0 Å². The Morgan fingerprint density at radius 1 is 1.26 bits per heavy atom. The van der Waals surface area contributed by atoms with Gasteiger partial charge in [0.1, 0.15) is 5.75 Å². The van der Waals surface area contributed by atoms with Crippen LogP contribution in [0, 0.1) is 0 Å². The second-order valence-corrected chi connectivity index (χ2v) is 7.90. The van der Waals surface area contributed by atoms with Crippen molar-refractivity contribution in [1.82, 2.24) is 15.1 Å². The molecule has 0 bridgehead atoms. The average molecular weight is 376 g/mol. The van der Waals surface area contributed by atoms with E-state index in [2.05, 4.69) is 50.0 Å². The van der Waals surface area contributed by atoms with Crippen LogP contribution in [0.3, 0.4) is 0 Å². The highest BCUT2D eigenvalue weighted by Crippen LogP contribution is 2.15. The highest BCUT2D eigenvalue weighted by Gasteiger charge is 2.24. The van der Waals surface area contributed by atoms with Crippen LogP contribution in [0.25, 0.3) is 0 Å². The molecule has 1 heterocycles. The van der Waals surface area contributed by atoms with E-state index in [0.29, 0.717) is 30.5 Å². The molecule has 0 spiro atoms. The fourth-order valence-electron chi connectivity index (χ4n) is 4.04. The number of methoxy groups -OCH3 is 1. The molecule has 5 nitrogen and oxygen atoms in total. The lowest BCUT2D eigenvalue weighted by Crippen LogP contribution is -2.55. The van der Waals surface area contributed by atoms with E-state index in [0.717, 1.165) is 44.8 Å². The fourth-order valence-corrected chi connectivity index (χ4v) is 4.04. The van der Waals surface area contributed by atoms with Crippen molar-refractivity contribution in [2.75, 3.05) is 33.3 Å². The van der Waals surface area contributed by atoms with Crippen molar-refractivity contribution in [2.24, 2.45) is 0 Å². The maximum atomic E-state index is 12.5. The first-order chi connectivity index (χ1) is 12.9. The Morgan fingerprint density at radius 2 is 1.89 bits per heavy atom. The van der Waals surface area contributed by atoms with Crippen molar-refractivity contribution < 1.29 is 9.53 Å². The summed E-state index contributed by atoms with van der Waals surface area (Å²) in [6.45, 7) is 12.4. The predicted molar refractivity (Wildman–Crippen MR) is 111 cm³/mol. The molecular formula is C22H37N3O2. The van der Waals surface area contributed by atoms with Crippen molar-refractivity contribution in [3.63, 3.8) is 0 Å². The molecule has 3 atom stereocenters. The van der Waals surface area contributed by atoms with Gasteiger partial charge in [0.25, 0.3) is 0 Å². The normalized spacial score (nSPS) is 21.3. The summed E-state index contributed by atoms with van der Waals surface area (Å²) < 4.78 is 5.23. The summed E-state index contributed by atoms with van der Waals surface area (Å²) in [6, 6.07) is 9.54. The lowest BCUT2D eigenvalue weighted by Gasteiger charge is -2.36. The molecule has 1 saturated heterocycles. The molecule has 0 radical (unpaired) electrons. The third kappa shape index (κ3) is 6.82. The zero-order valence-electron chi connectivity index (χ0n) is 17.7. The number of hydrogen-bond acceptors (Lipinski definition) is 4. The molecule has 152 valence electrons. The van der Waals surface area contributed by atoms with Gasteiger partial charge in [-0.15, -0.1) is 0 Å². The van der Waals surface area contributed by atoms with E-state index in [9.17, 15) is 4.79 Å². The third-order valence-electron chi connectivity index (χ3n) is 5.47. The second-order valence-electron chi connectivity index (χ2n) is 7.90. The van der Waals surface area contributed by atoms with E-state index >= 15 is 0 Å². The van der Waals surface area contributed by atoms with Crippen molar-refractivity contribution >= 4 is 5.91 Å². The Hall–Kier alpha value is -1.59. The van der Waals surface area contributed by atoms with Gasteiger partial charge in [0.2, 0.25) is 5.91 Å².